The van der Waals surface area contributed by atoms with Gasteiger partial charge in [-0.1, -0.05) is 18.2 Å². The number of nitrogens with one attached hydrogen (secondary N) is 1. The van der Waals surface area contributed by atoms with Gasteiger partial charge in [-0.15, -0.1) is 12.4 Å². The summed E-state index contributed by atoms with van der Waals surface area (Å²) in [6.45, 7) is 1.78. The highest BCUT2D eigenvalue weighted by Crippen LogP contribution is 2.23. The number of carbonyl (C=O) groups is 1. The Kier molecular flexibility index (Phi) is 10.4. The number of hydrogen-bond donors (Lipinski definition) is 2. The molecule has 0 radical (unpaired) electrons. The summed E-state index contributed by atoms with van der Waals surface area (Å²) in [7, 11) is 1.49. The molecule has 1 aromatic carbocycles. The molecule has 4 nitrogen and oxygen atoms in total. The lowest BCUT2D eigenvalue weighted by Gasteiger charge is -2.25. The Morgan fingerprint density at radius 1 is 1.45 bits per heavy atom. The van der Waals surface area contributed by atoms with Crippen molar-refractivity contribution in [2.75, 3.05) is 19.1 Å². The fourth-order valence-corrected chi connectivity index (χ4v) is 2.58. The van der Waals surface area contributed by atoms with Gasteiger partial charge in [0, 0.05) is 12.7 Å². The normalized spacial score (nSPS) is 14.6. The molecule has 0 heterocycles. The van der Waals surface area contributed by atoms with E-state index in [9.17, 15) is 9.18 Å². The zero-order valence-corrected chi connectivity index (χ0v) is 14.7. The molecule has 1 amide bonds. The molecular weight excluding hydrogens is 327 g/mol. The highest BCUT2D eigenvalue weighted by atomic mass is 35.5. The average Bonchev–Trinajstić information content (AvgIpc) is 2.47. The minimum absolute atomic E-state index is 0. The largest absolute Gasteiger partial charge is 0.375 e. The number of ether oxygens (including phenoxy) is 1. The van der Waals surface area contributed by atoms with Gasteiger partial charge >= 0.3 is 0 Å². The lowest BCUT2D eigenvalue weighted by atomic mass is 10.0. The molecule has 0 fully saturated rings. The van der Waals surface area contributed by atoms with Crippen LogP contribution >= 0.6 is 24.2 Å². The maximum absolute atomic E-state index is 13.8. The molecule has 0 spiro atoms. The minimum atomic E-state index is -0.557. The number of methoxy groups -OCH3 is 1. The predicted molar refractivity (Wildman–Crippen MR) is 92.0 cm³/mol. The Morgan fingerprint density at radius 3 is 2.64 bits per heavy atom. The summed E-state index contributed by atoms with van der Waals surface area (Å²) in [4.78, 5) is 12.0. The molecule has 126 valence electrons. The lowest BCUT2D eigenvalue weighted by Crippen LogP contribution is -2.47. The van der Waals surface area contributed by atoms with E-state index in [0.29, 0.717) is 12.0 Å². The maximum atomic E-state index is 13.8. The van der Waals surface area contributed by atoms with E-state index in [4.69, 9.17) is 10.5 Å². The van der Waals surface area contributed by atoms with Crippen LogP contribution in [0.3, 0.4) is 0 Å². The summed E-state index contributed by atoms with van der Waals surface area (Å²) in [5, 5.41) is 2.80. The first-order chi connectivity index (χ1) is 10.0. The van der Waals surface area contributed by atoms with Crippen LogP contribution in [0.5, 0.6) is 0 Å². The maximum Gasteiger partial charge on any atom is 0.237 e. The first-order valence-electron chi connectivity index (χ1n) is 6.83. The first kappa shape index (κ1) is 21.2. The van der Waals surface area contributed by atoms with Gasteiger partial charge in [0.2, 0.25) is 5.91 Å². The summed E-state index contributed by atoms with van der Waals surface area (Å²) in [6, 6.07) is 5.45. The monoisotopic (exact) mass is 350 g/mol. The molecule has 22 heavy (non-hydrogen) atoms. The molecule has 0 aliphatic heterocycles. The van der Waals surface area contributed by atoms with Gasteiger partial charge in [0.05, 0.1) is 12.1 Å². The molecular formula is C15H24ClFN2O2S. The van der Waals surface area contributed by atoms with Crippen LogP contribution in [0, 0.1) is 5.82 Å². The Bertz CT molecular complexity index is 465. The van der Waals surface area contributed by atoms with Crippen LogP contribution in [0.25, 0.3) is 0 Å². The molecule has 1 aromatic rings. The summed E-state index contributed by atoms with van der Waals surface area (Å²) in [6.07, 6.45) is 2.02. The summed E-state index contributed by atoms with van der Waals surface area (Å²) < 4.78 is 19.2. The Balaban J connectivity index is 0.00000441. The summed E-state index contributed by atoms with van der Waals surface area (Å²) in [5.41, 5.74) is 6.24. The molecule has 1 rings (SSSR count). The fourth-order valence-electron chi connectivity index (χ4n) is 2.09. The van der Waals surface area contributed by atoms with E-state index in [2.05, 4.69) is 5.32 Å². The van der Waals surface area contributed by atoms with Crippen molar-refractivity contribution in [2.24, 2.45) is 5.73 Å². The zero-order valence-electron chi connectivity index (χ0n) is 13.0. The van der Waals surface area contributed by atoms with Crippen molar-refractivity contribution in [3.05, 3.63) is 35.6 Å². The molecule has 0 aliphatic rings. The Labute approximate surface area is 141 Å². The van der Waals surface area contributed by atoms with Crippen LogP contribution in [0.1, 0.15) is 25.0 Å². The van der Waals surface area contributed by atoms with E-state index in [1.807, 2.05) is 6.26 Å². The predicted octanol–water partition coefficient (Wildman–Crippen LogP) is 2.52. The van der Waals surface area contributed by atoms with Gasteiger partial charge in [-0.3, -0.25) is 4.79 Å². The number of rotatable bonds is 8. The van der Waals surface area contributed by atoms with Gasteiger partial charge in [-0.25, -0.2) is 4.39 Å². The topological polar surface area (TPSA) is 64.3 Å². The highest BCUT2D eigenvalue weighted by molar-refractivity contribution is 7.98. The Morgan fingerprint density at radius 2 is 2.09 bits per heavy atom. The Hall–Kier alpha value is -0.820. The minimum Gasteiger partial charge on any atom is -0.375 e. The second kappa shape index (κ2) is 10.8. The van der Waals surface area contributed by atoms with Gasteiger partial charge in [0.25, 0.3) is 0 Å². The fraction of sp³-hybridized carbons (Fsp3) is 0.533. The number of hydrogen-bond acceptors (Lipinski definition) is 4. The molecule has 0 aliphatic carbocycles. The number of nitrogens with two attached hydrogens (primary N) is 1. The number of benzene rings is 1. The van der Waals surface area contributed by atoms with Crippen LogP contribution < -0.4 is 11.1 Å². The van der Waals surface area contributed by atoms with Gasteiger partial charge in [-0.05, 0) is 31.4 Å². The molecule has 0 aromatic heterocycles. The second-order valence-corrected chi connectivity index (χ2v) is 5.85. The van der Waals surface area contributed by atoms with Crippen LogP contribution in [-0.2, 0) is 9.53 Å². The van der Waals surface area contributed by atoms with Crippen molar-refractivity contribution in [1.82, 2.24) is 5.32 Å². The standard InChI is InChI=1S/C15H23FN2O2S.ClH/c1-10(18-15(19)13(17)8-9-21-3)14(20-2)11-6-4-5-7-12(11)16;/h4-7,10,13-14H,8-9,17H2,1-3H3,(H,18,19);1H. The van der Waals surface area contributed by atoms with Crippen LogP contribution in [-0.4, -0.2) is 37.1 Å². The van der Waals surface area contributed by atoms with Crippen LogP contribution in [0.15, 0.2) is 24.3 Å². The van der Waals surface area contributed by atoms with Gasteiger partial charge in [-0.2, -0.15) is 11.8 Å². The third-order valence-corrected chi connectivity index (χ3v) is 3.90. The van der Waals surface area contributed by atoms with Crippen molar-refractivity contribution in [3.8, 4) is 0 Å². The van der Waals surface area contributed by atoms with Crippen LogP contribution in [0.4, 0.5) is 4.39 Å². The SMILES string of the molecule is COC(c1ccccc1F)C(C)NC(=O)C(N)CCSC.Cl. The van der Waals surface area contributed by atoms with Crippen molar-refractivity contribution in [1.29, 1.82) is 0 Å². The molecule has 3 unspecified atom stereocenters. The third kappa shape index (κ3) is 6.12. The van der Waals surface area contributed by atoms with Crippen molar-refractivity contribution < 1.29 is 13.9 Å². The second-order valence-electron chi connectivity index (χ2n) is 4.86. The van der Waals surface area contributed by atoms with Crippen molar-refractivity contribution in [3.63, 3.8) is 0 Å². The number of halogens is 2. The molecule has 3 N–H and O–H groups in total. The number of amides is 1. The van der Waals surface area contributed by atoms with E-state index < -0.39 is 12.1 Å². The molecule has 0 saturated heterocycles. The van der Waals surface area contributed by atoms with Gasteiger partial charge < -0.3 is 15.8 Å². The third-order valence-electron chi connectivity index (χ3n) is 3.26. The van der Waals surface area contributed by atoms with E-state index >= 15 is 0 Å². The first-order valence-corrected chi connectivity index (χ1v) is 8.22. The zero-order chi connectivity index (χ0) is 15.8. The van der Waals surface area contributed by atoms with Crippen molar-refractivity contribution in [2.45, 2.75) is 31.5 Å². The highest BCUT2D eigenvalue weighted by Gasteiger charge is 2.25. The van der Waals surface area contributed by atoms with Crippen molar-refractivity contribution >= 4 is 30.1 Å². The molecule has 7 heteroatoms. The summed E-state index contributed by atoms with van der Waals surface area (Å²) in [5.74, 6) is 0.233. The lowest BCUT2D eigenvalue weighted by molar-refractivity contribution is -0.124. The van der Waals surface area contributed by atoms with E-state index in [1.165, 1.54) is 13.2 Å². The van der Waals surface area contributed by atoms with Crippen LogP contribution in [0.2, 0.25) is 0 Å². The molecule has 0 bridgehead atoms. The number of thioether (sulfide) groups is 1. The van der Waals surface area contributed by atoms with E-state index in [0.717, 1.165) is 5.75 Å². The van der Waals surface area contributed by atoms with E-state index in [1.54, 1.807) is 36.9 Å². The smallest absolute Gasteiger partial charge is 0.237 e. The molecule has 3 atom stereocenters. The quantitative estimate of drug-likeness (QED) is 0.756. The van der Waals surface area contributed by atoms with E-state index in [-0.39, 0.29) is 30.2 Å². The van der Waals surface area contributed by atoms with Gasteiger partial charge in [0.1, 0.15) is 11.9 Å². The average molecular weight is 351 g/mol. The molecule has 0 saturated carbocycles. The number of carbonyl (C=O) groups excluding carboxylic acids is 1. The summed E-state index contributed by atoms with van der Waals surface area (Å²) >= 11 is 1.64. The van der Waals surface area contributed by atoms with Gasteiger partial charge in [0.15, 0.2) is 0 Å².